The second-order valence-corrected chi connectivity index (χ2v) is 4.71. The molecule has 0 saturated heterocycles. The quantitative estimate of drug-likeness (QED) is 0.812. The van der Waals surface area contributed by atoms with Crippen LogP contribution in [0.2, 0.25) is 0 Å². The van der Waals surface area contributed by atoms with Gasteiger partial charge < -0.3 is 10.3 Å². The number of nitrogens with zero attached hydrogens (tertiary/aromatic N) is 1. The molecule has 0 bridgehead atoms. The van der Waals surface area contributed by atoms with Gasteiger partial charge in [-0.25, -0.2) is 0 Å². The van der Waals surface area contributed by atoms with Crippen molar-refractivity contribution in [2.45, 2.75) is 20.3 Å². The summed E-state index contributed by atoms with van der Waals surface area (Å²) in [7, 11) is 0. The number of rotatable bonds is 2. The summed E-state index contributed by atoms with van der Waals surface area (Å²) in [5, 5.41) is 4.67. The summed E-state index contributed by atoms with van der Waals surface area (Å²) in [5.74, 6) is 1.12. The minimum atomic E-state index is 0.912. The second kappa shape index (κ2) is 3.91. The minimum Gasteiger partial charge on any atom is -0.372 e. The van der Waals surface area contributed by atoms with Gasteiger partial charge in [0.15, 0.2) is 0 Å². The molecule has 0 spiro atoms. The van der Waals surface area contributed by atoms with Crippen molar-refractivity contribution in [1.82, 2.24) is 10.3 Å². The van der Waals surface area contributed by atoms with E-state index in [0.29, 0.717) is 0 Å². The number of aliphatic imine (C=N–C) groups is 1. The van der Waals surface area contributed by atoms with Gasteiger partial charge in [0.25, 0.3) is 0 Å². The zero-order valence-electron chi connectivity index (χ0n) is 10.3. The number of aromatic amines is 1. The fraction of sp³-hybridized carbons (Fsp3) is 0.357. The van der Waals surface area contributed by atoms with E-state index < -0.39 is 0 Å². The van der Waals surface area contributed by atoms with Gasteiger partial charge in [0, 0.05) is 29.6 Å². The Labute approximate surface area is 101 Å². The smallest absolute Gasteiger partial charge is 0.101 e. The van der Waals surface area contributed by atoms with Crippen molar-refractivity contribution in [3.63, 3.8) is 0 Å². The van der Waals surface area contributed by atoms with Crippen LogP contribution in [0.3, 0.4) is 0 Å². The number of hydrogen-bond donors (Lipinski definition) is 2. The number of benzene rings is 1. The molecule has 1 aliphatic heterocycles. The third-order valence-electron chi connectivity index (χ3n) is 3.36. The standard InChI is InChI=1S/C14H17N3/c1-9-3-4-13-12(7-9)11(10(2)17-13)8-14-15-5-6-16-14/h3-4,7,17H,5-6,8H2,1-2H3,(H,15,16). The minimum absolute atomic E-state index is 0.912. The van der Waals surface area contributed by atoms with Crippen LogP contribution in [-0.2, 0) is 6.42 Å². The van der Waals surface area contributed by atoms with Gasteiger partial charge in [-0.2, -0.15) is 0 Å². The first-order valence-corrected chi connectivity index (χ1v) is 6.09. The van der Waals surface area contributed by atoms with E-state index in [1.807, 2.05) is 0 Å². The molecule has 3 heteroatoms. The predicted octanol–water partition coefficient (Wildman–Crippen LogP) is 2.33. The summed E-state index contributed by atoms with van der Waals surface area (Å²) in [4.78, 5) is 7.92. The van der Waals surface area contributed by atoms with Crippen LogP contribution in [0.1, 0.15) is 16.8 Å². The van der Waals surface area contributed by atoms with E-state index in [0.717, 1.165) is 25.3 Å². The van der Waals surface area contributed by atoms with E-state index in [-0.39, 0.29) is 0 Å². The Morgan fingerprint density at radius 1 is 1.29 bits per heavy atom. The molecular weight excluding hydrogens is 210 g/mol. The second-order valence-electron chi connectivity index (χ2n) is 4.71. The van der Waals surface area contributed by atoms with Crippen molar-refractivity contribution in [2.24, 2.45) is 4.99 Å². The summed E-state index contributed by atoms with van der Waals surface area (Å²) in [6.45, 7) is 6.17. The van der Waals surface area contributed by atoms with Gasteiger partial charge in [-0.1, -0.05) is 11.6 Å². The lowest BCUT2D eigenvalue weighted by atomic mass is 10.1. The highest BCUT2D eigenvalue weighted by Crippen LogP contribution is 2.24. The predicted molar refractivity (Wildman–Crippen MR) is 71.8 cm³/mol. The molecule has 0 fully saturated rings. The Hall–Kier alpha value is -1.77. The van der Waals surface area contributed by atoms with Crippen molar-refractivity contribution in [3.8, 4) is 0 Å². The fourth-order valence-corrected chi connectivity index (χ4v) is 2.46. The Bertz CT molecular complexity index is 593. The Morgan fingerprint density at radius 2 is 2.18 bits per heavy atom. The van der Waals surface area contributed by atoms with E-state index in [4.69, 9.17) is 0 Å². The van der Waals surface area contributed by atoms with Crippen LogP contribution in [-0.4, -0.2) is 23.9 Å². The van der Waals surface area contributed by atoms with Crippen LogP contribution in [0.15, 0.2) is 23.2 Å². The molecule has 0 atom stereocenters. The van der Waals surface area contributed by atoms with E-state index in [1.165, 1.54) is 27.7 Å². The first-order chi connectivity index (χ1) is 8.24. The number of H-pyrrole nitrogens is 1. The maximum Gasteiger partial charge on any atom is 0.101 e. The SMILES string of the molecule is Cc1ccc2[nH]c(C)c(CC3=NCCN3)c2c1. The number of amidine groups is 1. The number of aryl methyl sites for hydroxylation is 2. The Morgan fingerprint density at radius 3 is 2.94 bits per heavy atom. The number of nitrogens with one attached hydrogen (secondary N) is 2. The lowest BCUT2D eigenvalue weighted by molar-refractivity contribution is 0.953. The first kappa shape index (κ1) is 10.4. The van der Waals surface area contributed by atoms with Crippen LogP contribution in [0.25, 0.3) is 10.9 Å². The molecule has 2 N–H and O–H groups in total. The molecule has 0 aliphatic carbocycles. The molecule has 0 radical (unpaired) electrons. The number of fused-ring (bicyclic) bond motifs is 1. The van der Waals surface area contributed by atoms with Gasteiger partial charge in [-0.3, -0.25) is 4.99 Å². The Balaban J connectivity index is 2.07. The van der Waals surface area contributed by atoms with Gasteiger partial charge in [0.2, 0.25) is 0 Å². The number of hydrogen-bond acceptors (Lipinski definition) is 2. The summed E-state index contributed by atoms with van der Waals surface area (Å²) >= 11 is 0. The van der Waals surface area contributed by atoms with E-state index in [2.05, 4.69) is 47.3 Å². The fourth-order valence-electron chi connectivity index (χ4n) is 2.46. The zero-order chi connectivity index (χ0) is 11.8. The summed E-state index contributed by atoms with van der Waals surface area (Å²) in [5.41, 5.74) is 5.15. The summed E-state index contributed by atoms with van der Waals surface area (Å²) < 4.78 is 0. The van der Waals surface area contributed by atoms with Crippen LogP contribution in [0.4, 0.5) is 0 Å². The number of aromatic nitrogens is 1. The normalized spacial score (nSPS) is 15.1. The average Bonchev–Trinajstić information content (AvgIpc) is 2.90. The zero-order valence-corrected chi connectivity index (χ0v) is 10.3. The van der Waals surface area contributed by atoms with Gasteiger partial charge in [-0.15, -0.1) is 0 Å². The van der Waals surface area contributed by atoms with Crippen molar-refractivity contribution >= 4 is 16.7 Å². The lowest BCUT2D eigenvalue weighted by Crippen LogP contribution is -2.20. The van der Waals surface area contributed by atoms with Gasteiger partial charge in [-0.05, 0) is 31.5 Å². The van der Waals surface area contributed by atoms with Crippen molar-refractivity contribution < 1.29 is 0 Å². The third-order valence-corrected chi connectivity index (χ3v) is 3.36. The molecule has 2 heterocycles. The molecule has 3 rings (SSSR count). The van der Waals surface area contributed by atoms with E-state index in [1.54, 1.807) is 0 Å². The van der Waals surface area contributed by atoms with Crippen molar-refractivity contribution in [1.29, 1.82) is 0 Å². The Kier molecular flexibility index (Phi) is 2.39. The summed E-state index contributed by atoms with van der Waals surface area (Å²) in [6.07, 6.45) is 0.912. The molecular formula is C14H17N3. The molecule has 0 unspecified atom stereocenters. The average molecular weight is 227 g/mol. The highest BCUT2D eigenvalue weighted by atomic mass is 15.1. The van der Waals surface area contributed by atoms with E-state index in [9.17, 15) is 0 Å². The van der Waals surface area contributed by atoms with Crippen LogP contribution >= 0.6 is 0 Å². The maximum absolute atomic E-state index is 4.47. The molecule has 2 aromatic rings. The first-order valence-electron chi connectivity index (χ1n) is 6.09. The van der Waals surface area contributed by atoms with Crippen LogP contribution in [0, 0.1) is 13.8 Å². The molecule has 1 aromatic heterocycles. The van der Waals surface area contributed by atoms with Gasteiger partial charge in [0.05, 0.1) is 6.54 Å². The molecule has 3 nitrogen and oxygen atoms in total. The van der Waals surface area contributed by atoms with Crippen LogP contribution in [0.5, 0.6) is 0 Å². The maximum atomic E-state index is 4.47. The van der Waals surface area contributed by atoms with Crippen LogP contribution < -0.4 is 5.32 Å². The topological polar surface area (TPSA) is 40.2 Å². The highest BCUT2D eigenvalue weighted by molar-refractivity contribution is 5.93. The van der Waals surface area contributed by atoms with Crippen molar-refractivity contribution in [2.75, 3.05) is 13.1 Å². The lowest BCUT2D eigenvalue weighted by Gasteiger charge is -2.03. The molecule has 0 saturated carbocycles. The van der Waals surface area contributed by atoms with Gasteiger partial charge >= 0.3 is 0 Å². The molecule has 0 amide bonds. The van der Waals surface area contributed by atoms with Crippen molar-refractivity contribution in [3.05, 3.63) is 35.0 Å². The summed E-state index contributed by atoms with van der Waals surface area (Å²) in [6, 6.07) is 6.56. The highest BCUT2D eigenvalue weighted by Gasteiger charge is 2.13. The molecule has 17 heavy (non-hydrogen) atoms. The van der Waals surface area contributed by atoms with E-state index >= 15 is 0 Å². The molecule has 1 aromatic carbocycles. The molecule has 1 aliphatic rings. The van der Waals surface area contributed by atoms with Gasteiger partial charge in [0.1, 0.15) is 5.84 Å². The monoisotopic (exact) mass is 227 g/mol. The molecule has 88 valence electrons. The third kappa shape index (κ3) is 1.82. The largest absolute Gasteiger partial charge is 0.372 e.